The molecule has 0 saturated carbocycles. The monoisotopic (exact) mass is 358 g/mol. The molecule has 0 unspecified atom stereocenters. The van der Waals surface area contributed by atoms with Crippen molar-refractivity contribution < 1.29 is 9.59 Å². The molecule has 1 aliphatic heterocycles. The highest BCUT2D eigenvalue weighted by Crippen LogP contribution is 2.22. The summed E-state index contributed by atoms with van der Waals surface area (Å²) >= 11 is 0. The van der Waals surface area contributed by atoms with Crippen molar-refractivity contribution in [1.82, 2.24) is 30.1 Å². The molecule has 0 radical (unpaired) electrons. The van der Waals surface area contributed by atoms with E-state index in [1.54, 1.807) is 30.7 Å². The number of imidazole rings is 1. The van der Waals surface area contributed by atoms with E-state index in [1.165, 1.54) is 0 Å². The van der Waals surface area contributed by atoms with E-state index in [0.29, 0.717) is 38.3 Å². The van der Waals surface area contributed by atoms with Crippen molar-refractivity contribution in [2.75, 3.05) is 19.6 Å². The van der Waals surface area contributed by atoms with E-state index in [1.807, 2.05) is 18.7 Å². The number of likely N-dealkylation sites (tertiary alicyclic amines) is 1. The molecule has 0 aliphatic carbocycles. The van der Waals surface area contributed by atoms with Gasteiger partial charge in [-0.25, -0.2) is 4.98 Å². The predicted molar refractivity (Wildman–Crippen MR) is 97.4 cm³/mol. The Labute approximate surface area is 153 Å². The number of nitrogens with zero attached hydrogens (tertiary/aromatic N) is 3. The van der Waals surface area contributed by atoms with Crippen molar-refractivity contribution in [3.8, 4) is 0 Å². The molecule has 8 nitrogen and oxygen atoms in total. The minimum atomic E-state index is -0.256. The van der Waals surface area contributed by atoms with Crippen LogP contribution in [-0.4, -0.2) is 68.3 Å². The van der Waals surface area contributed by atoms with Gasteiger partial charge in [-0.1, -0.05) is 0 Å². The summed E-state index contributed by atoms with van der Waals surface area (Å²) in [6.45, 7) is 6.50. The first-order valence-corrected chi connectivity index (χ1v) is 9.07. The van der Waals surface area contributed by atoms with E-state index in [4.69, 9.17) is 0 Å². The number of likely N-dealkylation sites (N-methyl/N-ethyl adjacent to an activating group) is 1. The molecule has 8 heteroatoms. The van der Waals surface area contributed by atoms with Gasteiger partial charge in [0.25, 0.3) is 5.91 Å². The Morgan fingerprint density at radius 2 is 2.12 bits per heavy atom. The molecule has 3 rings (SSSR count). The van der Waals surface area contributed by atoms with Crippen molar-refractivity contribution in [3.63, 3.8) is 0 Å². The number of carbonyl (C=O) groups is 2. The molecule has 3 heterocycles. The number of aromatic nitrogens is 3. The first kappa shape index (κ1) is 18.2. The zero-order valence-corrected chi connectivity index (χ0v) is 15.2. The lowest BCUT2D eigenvalue weighted by molar-refractivity contribution is -0.135. The van der Waals surface area contributed by atoms with Crippen molar-refractivity contribution in [2.45, 2.75) is 38.9 Å². The lowest BCUT2D eigenvalue weighted by atomic mass is 10.1. The van der Waals surface area contributed by atoms with Gasteiger partial charge in [0.05, 0.1) is 12.6 Å². The Bertz CT molecular complexity index is 708. The topological polar surface area (TPSA) is 97.1 Å². The van der Waals surface area contributed by atoms with Crippen LogP contribution in [0.3, 0.4) is 0 Å². The van der Waals surface area contributed by atoms with Crippen molar-refractivity contribution >= 4 is 11.8 Å². The molecule has 26 heavy (non-hydrogen) atoms. The molecule has 2 amide bonds. The highest BCUT2D eigenvalue weighted by Gasteiger charge is 2.39. The maximum absolute atomic E-state index is 12.9. The van der Waals surface area contributed by atoms with Gasteiger partial charge in [0.2, 0.25) is 5.91 Å². The third-order valence-electron chi connectivity index (χ3n) is 4.85. The number of nitrogens with one attached hydrogen (secondary N) is 3. The Hall–Kier alpha value is -2.61. The summed E-state index contributed by atoms with van der Waals surface area (Å²) in [5.74, 6) is 0.783. The number of H-pyrrole nitrogens is 2. The number of hydrogen-bond acceptors (Lipinski definition) is 4. The van der Waals surface area contributed by atoms with Gasteiger partial charge in [0, 0.05) is 44.3 Å². The Balaban J connectivity index is 1.71. The van der Waals surface area contributed by atoms with Crippen LogP contribution in [0.25, 0.3) is 0 Å². The van der Waals surface area contributed by atoms with Crippen LogP contribution in [0.1, 0.15) is 36.6 Å². The second kappa shape index (κ2) is 8.18. The molecular weight excluding hydrogens is 332 g/mol. The van der Waals surface area contributed by atoms with E-state index in [-0.39, 0.29) is 23.9 Å². The fourth-order valence-electron chi connectivity index (χ4n) is 3.50. The summed E-state index contributed by atoms with van der Waals surface area (Å²) < 4.78 is 0. The Kier molecular flexibility index (Phi) is 5.72. The number of hydrogen-bond donors (Lipinski definition) is 3. The van der Waals surface area contributed by atoms with Gasteiger partial charge in [-0.15, -0.1) is 0 Å². The molecule has 1 saturated heterocycles. The molecule has 1 fully saturated rings. The molecule has 1 aliphatic rings. The Morgan fingerprint density at radius 3 is 2.73 bits per heavy atom. The quantitative estimate of drug-likeness (QED) is 0.687. The molecular formula is C18H26N6O2. The SMILES string of the molecule is CCN(CC)C(=O)[C@@H]1C[C@@H](NC(=O)c2ccc[nH]2)CN1Cc1ncc[nH]1. The summed E-state index contributed by atoms with van der Waals surface area (Å²) in [4.78, 5) is 39.5. The maximum atomic E-state index is 12.9. The number of amides is 2. The fraction of sp³-hybridized carbons (Fsp3) is 0.500. The Morgan fingerprint density at radius 1 is 1.31 bits per heavy atom. The van der Waals surface area contributed by atoms with Crippen LogP contribution in [0.5, 0.6) is 0 Å². The first-order valence-electron chi connectivity index (χ1n) is 9.07. The van der Waals surface area contributed by atoms with Gasteiger partial charge < -0.3 is 20.2 Å². The fourth-order valence-corrected chi connectivity index (χ4v) is 3.50. The lowest BCUT2D eigenvalue weighted by Crippen LogP contribution is -2.45. The van der Waals surface area contributed by atoms with E-state index in [9.17, 15) is 9.59 Å². The second-order valence-electron chi connectivity index (χ2n) is 6.48. The summed E-state index contributed by atoms with van der Waals surface area (Å²) in [5.41, 5.74) is 0.529. The van der Waals surface area contributed by atoms with Crippen LogP contribution in [0.4, 0.5) is 0 Å². The average Bonchev–Trinajstić information content (AvgIpc) is 3.38. The molecule has 3 N–H and O–H groups in total. The third-order valence-corrected chi connectivity index (χ3v) is 4.85. The predicted octanol–water partition coefficient (Wildman–Crippen LogP) is 0.979. The van der Waals surface area contributed by atoms with Crippen LogP contribution in [0.15, 0.2) is 30.7 Å². The molecule has 2 atom stereocenters. The lowest BCUT2D eigenvalue weighted by Gasteiger charge is -2.28. The van der Waals surface area contributed by atoms with Crippen LogP contribution in [0, 0.1) is 0 Å². The minimum absolute atomic E-state index is 0.0784. The van der Waals surface area contributed by atoms with E-state index < -0.39 is 0 Å². The highest BCUT2D eigenvalue weighted by molar-refractivity contribution is 5.92. The van der Waals surface area contributed by atoms with Crippen molar-refractivity contribution in [2.24, 2.45) is 0 Å². The number of aromatic amines is 2. The van der Waals surface area contributed by atoms with Crippen molar-refractivity contribution in [3.05, 3.63) is 42.2 Å². The number of carbonyl (C=O) groups excluding carboxylic acids is 2. The number of rotatable bonds is 7. The molecule has 2 aromatic heterocycles. The second-order valence-corrected chi connectivity index (χ2v) is 6.48. The zero-order valence-electron chi connectivity index (χ0n) is 15.2. The van der Waals surface area contributed by atoms with Gasteiger partial charge in [-0.3, -0.25) is 14.5 Å². The summed E-state index contributed by atoms with van der Waals surface area (Å²) in [6, 6.07) is 3.20. The largest absolute Gasteiger partial charge is 0.357 e. The smallest absolute Gasteiger partial charge is 0.267 e. The van der Waals surface area contributed by atoms with Crippen LogP contribution < -0.4 is 5.32 Å². The highest BCUT2D eigenvalue weighted by atomic mass is 16.2. The van der Waals surface area contributed by atoms with E-state index in [2.05, 4.69) is 25.2 Å². The van der Waals surface area contributed by atoms with Crippen molar-refractivity contribution in [1.29, 1.82) is 0 Å². The molecule has 0 aromatic carbocycles. The normalized spacial score (nSPS) is 20.2. The summed E-state index contributed by atoms with van der Waals surface area (Å²) in [6.07, 6.45) is 5.80. The zero-order chi connectivity index (χ0) is 18.5. The van der Waals surface area contributed by atoms with Crippen LogP contribution >= 0.6 is 0 Å². The first-order chi connectivity index (χ1) is 12.6. The standard InChI is InChI=1S/C18H26N6O2/c1-3-23(4-2)18(26)15-10-13(22-17(25)14-6-5-7-19-14)11-24(15)12-16-20-8-9-21-16/h5-9,13,15,19H,3-4,10-12H2,1-2H3,(H,20,21)(H,22,25)/t13-,15+/m1/s1. The van der Waals surface area contributed by atoms with Gasteiger partial charge >= 0.3 is 0 Å². The van der Waals surface area contributed by atoms with Crippen LogP contribution in [0.2, 0.25) is 0 Å². The van der Waals surface area contributed by atoms with Crippen LogP contribution in [-0.2, 0) is 11.3 Å². The summed E-state index contributed by atoms with van der Waals surface area (Å²) in [7, 11) is 0. The third kappa shape index (κ3) is 3.96. The maximum Gasteiger partial charge on any atom is 0.267 e. The van der Waals surface area contributed by atoms with Gasteiger partial charge in [0.1, 0.15) is 11.5 Å². The molecule has 140 valence electrons. The molecule has 2 aromatic rings. The summed E-state index contributed by atoms with van der Waals surface area (Å²) in [5, 5.41) is 3.04. The molecule has 0 bridgehead atoms. The van der Waals surface area contributed by atoms with E-state index >= 15 is 0 Å². The minimum Gasteiger partial charge on any atom is -0.357 e. The van der Waals surface area contributed by atoms with Gasteiger partial charge in [0.15, 0.2) is 0 Å². The van der Waals surface area contributed by atoms with E-state index in [0.717, 1.165) is 5.82 Å². The van der Waals surface area contributed by atoms with Gasteiger partial charge in [-0.05, 0) is 32.4 Å². The average molecular weight is 358 g/mol. The molecule has 0 spiro atoms. The van der Waals surface area contributed by atoms with Gasteiger partial charge in [-0.2, -0.15) is 0 Å².